The zero-order chi connectivity index (χ0) is 11.6. The molecule has 5 heteroatoms. The van der Waals surface area contributed by atoms with Gasteiger partial charge in [0, 0.05) is 15.3 Å². The van der Waals surface area contributed by atoms with Crippen molar-refractivity contribution >= 4 is 38.1 Å². The van der Waals surface area contributed by atoms with Crippen molar-refractivity contribution in [3.05, 3.63) is 27.8 Å². The molecule has 1 N–H and O–H groups in total. The first-order chi connectivity index (χ1) is 7.55. The highest BCUT2D eigenvalue weighted by molar-refractivity contribution is 14.1. The molecule has 1 aromatic rings. The summed E-state index contributed by atoms with van der Waals surface area (Å²) < 4.78 is 23.7. The Hall–Kier alpha value is -0.300. The van der Waals surface area contributed by atoms with Crippen molar-refractivity contribution in [3.63, 3.8) is 0 Å². The number of rotatable bonds is 2. The summed E-state index contributed by atoms with van der Waals surface area (Å²) in [5.74, 6) is 0.628. The normalized spacial score (nSPS) is 20.6. The van der Waals surface area contributed by atoms with Crippen LogP contribution in [-0.4, -0.2) is 26.0 Å². The minimum atomic E-state index is -2.76. The summed E-state index contributed by atoms with van der Waals surface area (Å²) in [7, 11) is -2.76. The van der Waals surface area contributed by atoms with E-state index in [4.69, 9.17) is 0 Å². The molecule has 1 aromatic carbocycles. The van der Waals surface area contributed by atoms with Gasteiger partial charge < -0.3 is 5.32 Å². The van der Waals surface area contributed by atoms with Gasteiger partial charge in [0.25, 0.3) is 0 Å². The van der Waals surface area contributed by atoms with E-state index in [0.717, 1.165) is 5.69 Å². The van der Waals surface area contributed by atoms with Crippen LogP contribution in [0, 0.1) is 3.57 Å². The lowest BCUT2D eigenvalue weighted by molar-refractivity contribution is 0.559. The topological polar surface area (TPSA) is 46.2 Å². The Kier molecular flexibility index (Phi) is 3.73. The van der Waals surface area contributed by atoms with Crippen LogP contribution in [0.15, 0.2) is 24.3 Å². The molecular formula is C11H14INO2S. The Morgan fingerprint density at radius 3 is 2.56 bits per heavy atom. The molecule has 0 aliphatic carbocycles. The maximum Gasteiger partial charge on any atom is 0.150 e. The van der Waals surface area contributed by atoms with E-state index in [1.807, 2.05) is 18.2 Å². The van der Waals surface area contributed by atoms with E-state index in [9.17, 15) is 8.42 Å². The van der Waals surface area contributed by atoms with Crippen LogP contribution in [-0.2, 0) is 9.84 Å². The maximum atomic E-state index is 11.3. The van der Waals surface area contributed by atoms with Crippen molar-refractivity contribution in [2.75, 3.05) is 16.8 Å². The molecule has 2 rings (SSSR count). The molecule has 0 spiro atoms. The van der Waals surface area contributed by atoms with Gasteiger partial charge in [-0.2, -0.15) is 0 Å². The van der Waals surface area contributed by atoms with Gasteiger partial charge in [-0.15, -0.1) is 0 Å². The van der Waals surface area contributed by atoms with E-state index in [0.29, 0.717) is 30.4 Å². The fraction of sp³-hybridized carbons (Fsp3) is 0.455. The molecule has 0 aromatic heterocycles. The van der Waals surface area contributed by atoms with Crippen molar-refractivity contribution in [3.8, 4) is 0 Å². The first-order valence-electron chi connectivity index (χ1n) is 5.28. The third-order valence-corrected chi connectivity index (χ3v) is 5.14. The van der Waals surface area contributed by atoms with Crippen LogP contribution in [0.1, 0.15) is 12.8 Å². The molecule has 3 nitrogen and oxygen atoms in total. The van der Waals surface area contributed by atoms with Gasteiger partial charge in [0.15, 0.2) is 0 Å². The van der Waals surface area contributed by atoms with Gasteiger partial charge in [-0.25, -0.2) is 8.42 Å². The number of benzene rings is 1. The first-order valence-corrected chi connectivity index (χ1v) is 8.18. The van der Waals surface area contributed by atoms with Gasteiger partial charge >= 0.3 is 0 Å². The summed E-state index contributed by atoms with van der Waals surface area (Å²) in [6.07, 6.45) is 1.43. The summed E-state index contributed by atoms with van der Waals surface area (Å²) in [5.41, 5.74) is 1.08. The van der Waals surface area contributed by atoms with Crippen molar-refractivity contribution in [2.45, 2.75) is 18.9 Å². The largest absolute Gasteiger partial charge is 0.382 e. The predicted molar refractivity (Wildman–Crippen MR) is 74.5 cm³/mol. The molecule has 0 unspecified atom stereocenters. The van der Waals surface area contributed by atoms with E-state index in [-0.39, 0.29) is 0 Å². The van der Waals surface area contributed by atoms with Crippen molar-refractivity contribution in [1.29, 1.82) is 0 Å². The average molecular weight is 351 g/mol. The second kappa shape index (κ2) is 4.91. The van der Waals surface area contributed by atoms with E-state index < -0.39 is 9.84 Å². The molecule has 1 saturated heterocycles. The van der Waals surface area contributed by atoms with Crippen LogP contribution < -0.4 is 5.32 Å². The summed E-state index contributed by atoms with van der Waals surface area (Å²) in [4.78, 5) is 0. The third-order valence-electron chi connectivity index (χ3n) is 2.75. The molecule has 0 amide bonds. The molecule has 0 saturated carbocycles. The van der Waals surface area contributed by atoms with Crippen LogP contribution in [0.3, 0.4) is 0 Å². The van der Waals surface area contributed by atoms with Gasteiger partial charge in [0.1, 0.15) is 9.84 Å². The van der Waals surface area contributed by atoms with E-state index in [2.05, 4.69) is 34.0 Å². The standard InChI is InChI=1S/C11H14INO2S/c12-9-2-1-3-11(8-9)13-10-4-6-16(14,15)7-5-10/h1-3,8,10,13H,4-7H2. The van der Waals surface area contributed by atoms with Crippen LogP contribution in [0.25, 0.3) is 0 Å². The average Bonchev–Trinajstić information content (AvgIpc) is 2.21. The number of hydrogen-bond acceptors (Lipinski definition) is 3. The van der Waals surface area contributed by atoms with Crippen LogP contribution >= 0.6 is 22.6 Å². The van der Waals surface area contributed by atoms with Crippen molar-refractivity contribution < 1.29 is 8.42 Å². The Labute approximate surface area is 110 Å². The monoisotopic (exact) mass is 351 g/mol. The molecule has 1 heterocycles. The molecule has 0 atom stereocenters. The summed E-state index contributed by atoms with van der Waals surface area (Å²) >= 11 is 2.27. The minimum absolute atomic E-state index is 0.293. The molecular weight excluding hydrogens is 337 g/mol. The number of nitrogens with one attached hydrogen (secondary N) is 1. The Balaban J connectivity index is 1.97. The van der Waals surface area contributed by atoms with E-state index >= 15 is 0 Å². The Morgan fingerprint density at radius 1 is 1.25 bits per heavy atom. The van der Waals surface area contributed by atoms with Crippen LogP contribution in [0.2, 0.25) is 0 Å². The number of anilines is 1. The predicted octanol–water partition coefficient (Wildman–Crippen LogP) is 2.28. The van der Waals surface area contributed by atoms with E-state index in [1.165, 1.54) is 3.57 Å². The van der Waals surface area contributed by atoms with Gasteiger partial charge in [0.2, 0.25) is 0 Å². The highest BCUT2D eigenvalue weighted by Gasteiger charge is 2.23. The maximum absolute atomic E-state index is 11.3. The van der Waals surface area contributed by atoms with Crippen LogP contribution in [0.4, 0.5) is 5.69 Å². The number of hydrogen-bond donors (Lipinski definition) is 1. The SMILES string of the molecule is O=S1(=O)CCC(Nc2cccc(I)c2)CC1. The molecule has 1 aliphatic heterocycles. The molecule has 88 valence electrons. The van der Waals surface area contributed by atoms with Gasteiger partial charge in [-0.1, -0.05) is 6.07 Å². The third kappa shape index (κ3) is 3.35. The first kappa shape index (κ1) is 12.2. The fourth-order valence-corrected chi connectivity index (χ4v) is 3.88. The molecule has 0 radical (unpaired) electrons. The smallest absolute Gasteiger partial charge is 0.150 e. The Morgan fingerprint density at radius 2 is 1.94 bits per heavy atom. The highest BCUT2D eigenvalue weighted by atomic mass is 127. The van der Waals surface area contributed by atoms with Gasteiger partial charge in [-0.3, -0.25) is 0 Å². The Bertz CT molecular complexity index is 459. The summed E-state index contributed by atoms with van der Waals surface area (Å²) in [6.45, 7) is 0. The lowest BCUT2D eigenvalue weighted by atomic mass is 10.1. The van der Waals surface area contributed by atoms with Crippen molar-refractivity contribution in [2.24, 2.45) is 0 Å². The van der Waals surface area contributed by atoms with Gasteiger partial charge in [0.05, 0.1) is 11.5 Å². The molecule has 1 aliphatic rings. The summed E-state index contributed by atoms with van der Waals surface area (Å²) in [5, 5.41) is 3.39. The summed E-state index contributed by atoms with van der Waals surface area (Å²) in [6, 6.07) is 8.43. The number of sulfone groups is 1. The zero-order valence-electron chi connectivity index (χ0n) is 8.82. The number of halogens is 1. The molecule has 16 heavy (non-hydrogen) atoms. The zero-order valence-corrected chi connectivity index (χ0v) is 11.8. The van der Waals surface area contributed by atoms with E-state index in [1.54, 1.807) is 0 Å². The van der Waals surface area contributed by atoms with Crippen LogP contribution in [0.5, 0.6) is 0 Å². The fourth-order valence-electron chi connectivity index (χ4n) is 1.85. The van der Waals surface area contributed by atoms with Crippen molar-refractivity contribution in [1.82, 2.24) is 0 Å². The highest BCUT2D eigenvalue weighted by Crippen LogP contribution is 2.19. The quantitative estimate of drug-likeness (QED) is 0.832. The lowest BCUT2D eigenvalue weighted by Crippen LogP contribution is -2.32. The molecule has 1 fully saturated rings. The minimum Gasteiger partial charge on any atom is -0.382 e. The second-order valence-electron chi connectivity index (χ2n) is 4.08. The van der Waals surface area contributed by atoms with Gasteiger partial charge in [-0.05, 0) is 53.6 Å². The second-order valence-corrected chi connectivity index (χ2v) is 7.63. The lowest BCUT2D eigenvalue weighted by Gasteiger charge is -2.24. The molecule has 0 bridgehead atoms.